The smallest absolute Gasteiger partial charge is 0.234 e. The van der Waals surface area contributed by atoms with Gasteiger partial charge in [0.15, 0.2) is 0 Å². The van der Waals surface area contributed by atoms with Crippen LogP contribution in [0.2, 0.25) is 0 Å². The molecule has 0 radical (unpaired) electrons. The number of nitrogens with one attached hydrogen (secondary N) is 1. The Kier molecular flexibility index (Phi) is 3.82. The summed E-state index contributed by atoms with van der Waals surface area (Å²) in [5.41, 5.74) is 0.867. The number of nitrogens with zero attached hydrogens (tertiary/aromatic N) is 1. The summed E-state index contributed by atoms with van der Waals surface area (Å²) < 4.78 is 5.10. The fourth-order valence-corrected chi connectivity index (χ4v) is 3.27. The van der Waals surface area contributed by atoms with Crippen LogP contribution in [0.5, 0.6) is 5.75 Å². The van der Waals surface area contributed by atoms with Crippen LogP contribution in [0.4, 0.5) is 5.69 Å². The molecule has 1 heterocycles. The van der Waals surface area contributed by atoms with Gasteiger partial charge in [-0.3, -0.25) is 14.5 Å². The SMILES string of the molecule is COc1ccc(NCN2C(=O)[C@@H]3CCCC[C@H]3C2=O)cc1. The molecule has 1 saturated heterocycles. The normalized spacial score (nSPS) is 24.9. The zero-order valence-corrected chi connectivity index (χ0v) is 12.2. The maximum atomic E-state index is 12.3. The van der Waals surface area contributed by atoms with Crippen molar-refractivity contribution in [3.05, 3.63) is 24.3 Å². The van der Waals surface area contributed by atoms with E-state index in [9.17, 15) is 9.59 Å². The molecule has 2 fully saturated rings. The third kappa shape index (κ3) is 2.60. The molecule has 5 nitrogen and oxygen atoms in total. The zero-order chi connectivity index (χ0) is 14.8. The topological polar surface area (TPSA) is 58.6 Å². The van der Waals surface area contributed by atoms with Gasteiger partial charge in [-0.25, -0.2) is 0 Å². The lowest BCUT2D eigenvalue weighted by Crippen LogP contribution is -2.35. The van der Waals surface area contributed by atoms with Gasteiger partial charge in [0.2, 0.25) is 11.8 Å². The predicted octanol–water partition coefficient (Wildman–Crippen LogP) is 2.24. The molecule has 1 aliphatic carbocycles. The number of rotatable bonds is 4. The van der Waals surface area contributed by atoms with Gasteiger partial charge in [0.05, 0.1) is 25.6 Å². The van der Waals surface area contributed by atoms with Crippen LogP contribution in [0.15, 0.2) is 24.3 Å². The van der Waals surface area contributed by atoms with Gasteiger partial charge >= 0.3 is 0 Å². The fourth-order valence-electron chi connectivity index (χ4n) is 3.27. The van der Waals surface area contributed by atoms with Crippen LogP contribution >= 0.6 is 0 Å². The molecule has 2 amide bonds. The summed E-state index contributed by atoms with van der Waals surface area (Å²) in [5, 5.41) is 3.14. The molecule has 0 spiro atoms. The number of imide groups is 1. The number of fused-ring (bicyclic) bond motifs is 1. The van der Waals surface area contributed by atoms with E-state index in [0.717, 1.165) is 37.1 Å². The van der Waals surface area contributed by atoms with E-state index in [4.69, 9.17) is 4.74 Å². The van der Waals surface area contributed by atoms with Crippen molar-refractivity contribution in [2.75, 3.05) is 19.1 Å². The van der Waals surface area contributed by atoms with Crippen molar-refractivity contribution in [2.24, 2.45) is 11.8 Å². The molecular formula is C16H20N2O3. The highest BCUT2D eigenvalue weighted by Gasteiger charge is 2.47. The minimum absolute atomic E-state index is 0.00860. The molecule has 1 aromatic carbocycles. The molecule has 112 valence electrons. The third-order valence-electron chi connectivity index (χ3n) is 4.46. The van der Waals surface area contributed by atoms with Gasteiger partial charge in [-0.05, 0) is 37.1 Å². The van der Waals surface area contributed by atoms with E-state index in [1.807, 2.05) is 24.3 Å². The number of methoxy groups -OCH3 is 1. The molecule has 0 bridgehead atoms. The number of ether oxygens (including phenoxy) is 1. The molecule has 1 aromatic rings. The number of carbonyl (C=O) groups is 2. The van der Waals surface area contributed by atoms with Gasteiger partial charge in [-0.2, -0.15) is 0 Å². The Bertz CT molecular complexity index is 517. The fraction of sp³-hybridized carbons (Fsp3) is 0.500. The number of hydrogen-bond donors (Lipinski definition) is 1. The Balaban J connectivity index is 1.64. The first-order chi connectivity index (χ1) is 10.2. The van der Waals surface area contributed by atoms with E-state index in [0.29, 0.717) is 0 Å². The Morgan fingerprint density at radius 3 is 2.19 bits per heavy atom. The standard InChI is InChI=1S/C16H20N2O3/c1-21-12-8-6-11(7-9-12)17-10-18-15(19)13-4-2-3-5-14(13)16(18)20/h6-9,13-14,17H,2-5,10H2,1H3/t13-,14-/m1/s1. The average molecular weight is 288 g/mol. The maximum absolute atomic E-state index is 12.3. The first kappa shape index (κ1) is 13.9. The van der Waals surface area contributed by atoms with Gasteiger partial charge in [-0.1, -0.05) is 12.8 Å². The highest BCUT2D eigenvalue weighted by atomic mass is 16.5. The lowest BCUT2D eigenvalue weighted by Gasteiger charge is -2.19. The van der Waals surface area contributed by atoms with Gasteiger partial charge in [0.1, 0.15) is 5.75 Å². The average Bonchev–Trinajstić information content (AvgIpc) is 2.78. The molecule has 2 atom stereocenters. The Morgan fingerprint density at radius 1 is 1.10 bits per heavy atom. The second-order valence-corrected chi connectivity index (χ2v) is 5.67. The second-order valence-electron chi connectivity index (χ2n) is 5.67. The number of likely N-dealkylation sites (tertiary alicyclic amines) is 1. The number of hydrogen-bond acceptors (Lipinski definition) is 4. The minimum Gasteiger partial charge on any atom is -0.497 e. The maximum Gasteiger partial charge on any atom is 0.234 e. The molecule has 0 unspecified atom stereocenters. The molecule has 3 rings (SSSR count). The summed E-state index contributed by atoms with van der Waals surface area (Å²) in [7, 11) is 1.62. The molecule has 1 aliphatic heterocycles. The van der Waals surface area contributed by atoms with Gasteiger partial charge < -0.3 is 10.1 Å². The van der Waals surface area contributed by atoms with Crippen molar-refractivity contribution in [3.63, 3.8) is 0 Å². The van der Waals surface area contributed by atoms with E-state index >= 15 is 0 Å². The van der Waals surface area contributed by atoms with Crippen LogP contribution < -0.4 is 10.1 Å². The van der Waals surface area contributed by atoms with Gasteiger partial charge in [0, 0.05) is 5.69 Å². The molecule has 5 heteroatoms. The van der Waals surface area contributed by atoms with Crippen LogP contribution in [0, 0.1) is 11.8 Å². The zero-order valence-electron chi connectivity index (χ0n) is 12.2. The van der Waals surface area contributed by atoms with E-state index in [-0.39, 0.29) is 30.3 Å². The van der Waals surface area contributed by atoms with Crippen LogP contribution in [0.1, 0.15) is 25.7 Å². The molecule has 1 N–H and O–H groups in total. The van der Waals surface area contributed by atoms with E-state index < -0.39 is 0 Å². The number of amides is 2. The Morgan fingerprint density at radius 2 is 1.67 bits per heavy atom. The number of benzene rings is 1. The van der Waals surface area contributed by atoms with Crippen molar-refractivity contribution in [3.8, 4) is 5.75 Å². The summed E-state index contributed by atoms with van der Waals surface area (Å²) in [4.78, 5) is 26.0. The van der Waals surface area contributed by atoms with E-state index in [2.05, 4.69) is 5.32 Å². The summed E-state index contributed by atoms with van der Waals surface area (Å²) in [6, 6.07) is 7.43. The van der Waals surface area contributed by atoms with E-state index in [1.165, 1.54) is 4.90 Å². The molecule has 0 aromatic heterocycles. The first-order valence-electron chi connectivity index (χ1n) is 7.44. The van der Waals surface area contributed by atoms with Crippen molar-refractivity contribution >= 4 is 17.5 Å². The highest BCUT2D eigenvalue weighted by Crippen LogP contribution is 2.37. The largest absolute Gasteiger partial charge is 0.497 e. The second kappa shape index (κ2) is 5.76. The quantitative estimate of drug-likeness (QED) is 0.863. The Hall–Kier alpha value is -2.04. The van der Waals surface area contributed by atoms with Crippen molar-refractivity contribution in [1.29, 1.82) is 0 Å². The summed E-state index contributed by atoms with van der Waals surface area (Å²) in [6.45, 7) is 0.247. The third-order valence-corrected chi connectivity index (χ3v) is 4.46. The molecule has 2 aliphatic rings. The molecule has 21 heavy (non-hydrogen) atoms. The van der Waals surface area contributed by atoms with Crippen LogP contribution in [-0.2, 0) is 9.59 Å². The monoisotopic (exact) mass is 288 g/mol. The Labute approximate surface area is 124 Å². The summed E-state index contributed by atoms with van der Waals surface area (Å²) in [5.74, 6) is 0.601. The van der Waals surface area contributed by atoms with Crippen LogP contribution in [0.3, 0.4) is 0 Å². The lowest BCUT2D eigenvalue weighted by molar-refractivity contribution is -0.139. The molecular weight excluding hydrogens is 268 g/mol. The van der Waals surface area contributed by atoms with Crippen molar-refractivity contribution in [1.82, 2.24) is 4.90 Å². The number of carbonyl (C=O) groups excluding carboxylic acids is 2. The van der Waals surface area contributed by atoms with E-state index in [1.54, 1.807) is 7.11 Å². The number of anilines is 1. The van der Waals surface area contributed by atoms with Crippen molar-refractivity contribution in [2.45, 2.75) is 25.7 Å². The lowest BCUT2D eigenvalue weighted by atomic mass is 9.81. The summed E-state index contributed by atoms with van der Waals surface area (Å²) in [6.07, 6.45) is 3.82. The van der Waals surface area contributed by atoms with Gasteiger partial charge in [-0.15, -0.1) is 0 Å². The van der Waals surface area contributed by atoms with Crippen LogP contribution in [-0.4, -0.2) is 30.5 Å². The van der Waals surface area contributed by atoms with Crippen LogP contribution in [0.25, 0.3) is 0 Å². The summed E-state index contributed by atoms with van der Waals surface area (Å²) >= 11 is 0. The highest BCUT2D eigenvalue weighted by molar-refractivity contribution is 6.05. The van der Waals surface area contributed by atoms with Gasteiger partial charge in [0.25, 0.3) is 0 Å². The molecule has 1 saturated carbocycles. The van der Waals surface area contributed by atoms with Crippen molar-refractivity contribution < 1.29 is 14.3 Å². The minimum atomic E-state index is -0.0797. The predicted molar refractivity (Wildman–Crippen MR) is 78.8 cm³/mol. The first-order valence-corrected chi connectivity index (χ1v) is 7.44.